The number of halogens is 4. The van der Waals surface area contributed by atoms with Crippen LogP contribution in [-0.4, -0.2) is 21.9 Å². The standard InChI is InChI=1S/C15H12ClF3N4O/c16-8-1-4-11(10(5-8)15(17,18)19)23-13-7-20-12(6-21-13)14(24)22-9-2-3-9/h1,4-7,9H,2-3H2,(H,21,23)(H,22,24). The Morgan fingerprint density at radius 2 is 1.96 bits per heavy atom. The van der Waals surface area contributed by atoms with Gasteiger partial charge in [-0.25, -0.2) is 9.97 Å². The molecular formula is C15H12ClF3N4O. The third kappa shape index (κ3) is 3.94. The van der Waals surface area contributed by atoms with Crippen molar-refractivity contribution in [3.63, 3.8) is 0 Å². The summed E-state index contributed by atoms with van der Waals surface area (Å²) in [6.45, 7) is 0. The Labute approximate surface area is 140 Å². The van der Waals surface area contributed by atoms with Gasteiger partial charge in [0.05, 0.1) is 23.6 Å². The van der Waals surface area contributed by atoms with Gasteiger partial charge in [-0.3, -0.25) is 4.79 Å². The van der Waals surface area contributed by atoms with Crippen LogP contribution in [0.1, 0.15) is 28.9 Å². The van der Waals surface area contributed by atoms with Crippen molar-refractivity contribution in [3.05, 3.63) is 46.9 Å². The van der Waals surface area contributed by atoms with E-state index in [9.17, 15) is 18.0 Å². The van der Waals surface area contributed by atoms with E-state index >= 15 is 0 Å². The number of anilines is 2. The van der Waals surface area contributed by atoms with Crippen molar-refractivity contribution in [1.82, 2.24) is 15.3 Å². The maximum absolute atomic E-state index is 13.0. The summed E-state index contributed by atoms with van der Waals surface area (Å²) < 4.78 is 39.1. The van der Waals surface area contributed by atoms with Gasteiger partial charge in [-0.2, -0.15) is 13.2 Å². The Balaban J connectivity index is 1.77. The van der Waals surface area contributed by atoms with Crippen molar-refractivity contribution in [3.8, 4) is 0 Å². The molecule has 2 N–H and O–H groups in total. The molecule has 126 valence electrons. The quantitative estimate of drug-likeness (QED) is 0.874. The largest absolute Gasteiger partial charge is 0.418 e. The normalized spacial score (nSPS) is 14.3. The first-order valence-corrected chi connectivity index (χ1v) is 7.47. The first kappa shape index (κ1) is 16.5. The van der Waals surface area contributed by atoms with E-state index in [4.69, 9.17) is 11.6 Å². The Bertz CT molecular complexity index is 760. The van der Waals surface area contributed by atoms with Crippen LogP contribution in [0.5, 0.6) is 0 Å². The lowest BCUT2D eigenvalue weighted by Crippen LogP contribution is -2.26. The zero-order valence-electron chi connectivity index (χ0n) is 12.2. The average Bonchev–Trinajstić information content (AvgIpc) is 3.32. The SMILES string of the molecule is O=C(NC1CC1)c1cnc(Nc2ccc(Cl)cc2C(F)(F)F)cn1. The van der Waals surface area contributed by atoms with Crippen LogP contribution in [0.25, 0.3) is 0 Å². The molecule has 2 aromatic rings. The fourth-order valence-corrected chi connectivity index (χ4v) is 2.17. The molecule has 0 saturated heterocycles. The van der Waals surface area contributed by atoms with Gasteiger partial charge in [-0.1, -0.05) is 11.6 Å². The van der Waals surface area contributed by atoms with Crippen molar-refractivity contribution < 1.29 is 18.0 Å². The molecule has 0 radical (unpaired) electrons. The van der Waals surface area contributed by atoms with E-state index in [1.165, 1.54) is 24.5 Å². The fourth-order valence-electron chi connectivity index (χ4n) is 1.99. The number of rotatable bonds is 4. The summed E-state index contributed by atoms with van der Waals surface area (Å²) in [5, 5.41) is 5.27. The second-order valence-electron chi connectivity index (χ2n) is 5.35. The highest BCUT2D eigenvalue weighted by Gasteiger charge is 2.34. The summed E-state index contributed by atoms with van der Waals surface area (Å²) in [6, 6.07) is 3.56. The minimum atomic E-state index is -4.56. The number of nitrogens with zero attached hydrogens (tertiary/aromatic N) is 2. The lowest BCUT2D eigenvalue weighted by molar-refractivity contribution is -0.136. The smallest absolute Gasteiger partial charge is 0.348 e. The van der Waals surface area contributed by atoms with E-state index in [1.54, 1.807) is 0 Å². The zero-order chi connectivity index (χ0) is 17.3. The van der Waals surface area contributed by atoms with Crippen LogP contribution < -0.4 is 10.6 Å². The summed E-state index contributed by atoms with van der Waals surface area (Å²) >= 11 is 5.63. The Kier molecular flexibility index (Phi) is 4.31. The number of carbonyl (C=O) groups is 1. The molecule has 0 bridgehead atoms. The van der Waals surface area contributed by atoms with Gasteiger partial charge in [-0.15, -0.1) is 0 Å². The van der Waals surface area contributed by atoms with Crippen LogP contribution in [0.2, 0.25) is 5.02 Å². The highest BCUT2D eigenvalue weighted by molar-refractivity contribution is 6.30. The van der Waals surface area contributed by atoms with Gasteiger partial charge in [0.25, 0.3) is 5.91 Å². The van der Waals surface area contributed by atoms with Crippen LogP contribution in [0.15, 0.2) is 30.6 Å². The van der Waals surface area contributed by atoms with Gasteiger partial charge in [0.1, 0.15) is 11.5 Å². The van der Waals surface area contributed by atoms with Crippen molar-refractivity contribution in [2.75, 3.05) is 5.32 Å². The third-order valence-corrected chi connectivity index (χ3v) is 3.58. The molecule has 24 heavy (non-hydrogen) atoms. The monoisotopic (exact) mass is 356 g/mol. The Morgan fingerprint density at radius 1 is 1.21 bits per heavy atom. The molecule has 1 aliphatic rings. The van der Waals surface area contributed by atoms with Crippen LogP contribution in [0.4, 0.5) is 24.7 Å². The molecule has 1 aromatic carbocycles. The van der Waals surface area contributed by atoms with Gasteiger partial charge < -0.3 is 10.6 Å². The van der Waals surface area contributed by atoms with Crippen molar-refractivity contribution in [2.24, 2.45) is 0 Å². The van der Waals surface area contributed by atoms with E-state index in [2.05, 4.69) is 20.6 Å². The molecule has 0 atom stereocenters. The molecule has 0 aliphatic heterocycles. The average molecular weight is 357 g/mol. The molecule has 0 spiro atoms. The van der Waals surface area contributed by atoms with Crippen LogP contribution >= 0.6 is 11.6 Å². The highest BCUT2D eigenvalue weighted by Crippen LogP contribution is 2.37. The molecule has 3 rings (SSSR count). The molecule has 5 nitrogen and oxygen atoms in total. The number of hydrogen-bond acceptors (Lipinski definition) is 4. The molecule has 1 saturated carbocycles. The van der Waals surface area contributed by atoms with Crippen molar-refractivity contribution >= 4 is 29.0 Å². The van der Waals surface area contributed by atoms with E-state index in [1.807, 2.05) is 0 Å². The van der Waals surface area contributed by atoms with E-state index in [0.717, 1.165) is 18.9 Å². The van der Waals surface area contributed by atoms with Gasteiger partial charge in [0.2, 0.25) is 0 Å². The molecule has 9 heteroatoms. The number of nitrogens with one attached hydrogen (secondary N) is 2. The molecule has 1 aromatic heterocycles. The number of hydrogen-bond donors (Lipinski definition) is 2. The first-order valence-electron chi connectivity index (χ1n) is 7.09. The second-order valence-corrected chi connectivity index (χ2v) is 5.78. The minimum absolute atomic E-state index is 0.0222. The molecule has 1 fully saturated rings. The van der Waals surface area contributed by atoms with E-state index in [0.29, 0.717) is 0 Å². The van der Waals surface area contributed by atoms with Gasteiger partial charge in [0.15, 0.2) is 0 Å². The third-order valence-electron chi connectivity index (χ3n) is 3.35. The minimum Gasteiger partial charge on any atom is -0.348 e. The summed E-state index contributed by atoms with van der Waals surface area (Å²) in [5.74, 6) is -0.259. The van der Waals surface area contributed by atoms with Crippen LogP contribution in [-0.2, 0) is 6.18 Å². The van der Waals surface area contributed by atoms with Crippen molar-refractivity contribution in [1.29, 1.82) is 0 Å². The van der Waals surface area contributed by atoms with Crippen LogP contribution in [0, 0.1) is 0 Å². The maximum Gasteiger partial charge on any atom is 0.418 e. The summed E-state index contributed by atoms with van der Waals surface area (Å²) in [5.41, 5.74) is -0.997. The van der Waals surface area contributed by atoms with Gasteiger partial charge >= 0.3 is 6.18 Å². The zero-order valence-corrected chi connectivity index (χ0v) is 12.9. The number of amides is 1. The second kappa shape index (κ2) is 6.27. The van der Waals surface area contributed by atoms with E-state index < -0.39 is 11.7 Å². The number of benzene rings is 1. The number of alkyl halides is 3. The number of carbonyl (C=O) groups excluding carboxylic acids is 1. The maximum atomic E-state index is 13.0. The molecular weight excluding hydrogens is 345 g/mol. The molecule has 0 unspecified atom stereocenters. The lowest BCUT2D eigenvalue weighted by Gasteiger charge is -2.14. The topological polar surface area (TPSA) is 66.9 Å². The summed E-state index contributed by atoms with van der Waals surface area (Å²) in [4.78, 5) is 19.6. The predicted molar refractivity (Wildman–Crippen MR) is 82.3 cm³/mol. The van der Waals surface area contributed by atoms with Gasteiger partial charge in [0, 0.05) is 11.1 Å². The molecule has 1 aliphatic carbocycles. The van der Waals surface area contributed by atoms with E-state index in [-0.39, 0.29) is 34.2 Å². The fraction of sp³-hybridized carbons (Fsp3) is 0.267. The Morgan fingerprint density at radius 3 is 2.54 bits per heavy atom. The van der Waals surface area contributed by atoms with Crippen molar-refractivity contribution in [2.45, 2.75) is 25.1 Å². The molecule has 1 heterocycles. The summed E-state index contributed by atoms with van der Waals surface area (Å²) in [7, 11) is 0. The lowest BCUT2D eigenvalue weighted by atomic mass is 10.1. The Hall–Kier alpha value is -2.35. The molecule has 1 amide bonds. The predicted octanol–water partition coefficient (Wildman–Crippen LogP) is 3.78. The highest BCUT2D eigenvalue weighted by atomic mass is 35.5. The van der Waals surface area contributed by atoms with Crippen LogP contribution in [0.3, 0.4) is 0 Å². The number of aromatic nitrogens is 2. The summed E-state index contributed by atoms with van der Waals surface area (Å²) in [6.07, 6.45) is -0.268. The van der Waals surface area contributed by atoms with Gasteiger partial charge in [-0.05, 0) is 31.0 Å². The first-order chi connectivity index (χ1) is 11.3.